The molecule has 0 aromatic carbocycles. The predicted molar refractivity (Wildman–Crippen MR) is 130 cm³/mol. The van der Waals surface area contributed by atoms with E-state index in [1.54, 1.807) is 33.8 Å². The molecule has 210 valence electrons. The minimum atomic E-state index is -4.68. The second-order valence-electron chi connectivity index (χ2n) is 10.8. The lowest BCUT2D eigenvalue weighted by molar-refractivity contribution is -0.171. The standard InChI is InChI=1S/C24H33F3N6O5/c1-6-7-15-18(30-5)31-21(37)23(38-15)9-14(17(29)34)33(11-23)19(35)13-8-12(24(25,26)27)10-32(13)20(36)16(28)22(2,3)4/h6-7,12-14,16H,5,8-11,28H2,1-4H3,(H2,29,34)(H,31,37)/b7-6-/t12-,13+,14+,16-,23-/m1/s1. The number of halogens is 3. The second-order valence-corrected chi connectivity index (χ2v) is 10.8. The number of likely N-dealkylation sites (tertiary alicyclic amines) is 2. The van der Waals surface area contributed by atoms with Crippen LogP contribution in [0, 0.1) is 11.3 Å². The lowest BCUT2D eigenvalue weighted by atomic mass is 9.86. The van der Waals surface area contributed by atoms with Gasteiger partial charge in [-0.2, -0.15) is 13.2 Å². The molecule has 0 saturated carbocycles. The van der Waals surface area contributed by atoms with Crippen LogP contribution >= 0.6 is 0 Å². The van der Waals surface area contributed by atoms with E-state index in [4.69, 9.17) is 16.2 Å². The number of primary amides is 1. The van der Waals surface area contributed by atoms with Gasteiger partial charge in [-0.25, -0.2) is 4.99 Å². The van der Waals surface area contributed by atoms with Crippen molar-refractivity contribution in [1.82, 2.24) is 15.1 Å². The van der Waals surface area contributed by atoms with Gasteiger partial charge in [0, 0.05) is 13.0 Å². The molecular formula is C24H33F3N6O5. The average molecular weight is 543 g/mol. The van der Waals surface area contributed by atoms with Gasteiger partial charge in [0.25, 0.3) is 5.91 Å². The zero-order chi connectivity index (χ0) is 28.8. The molecule has 14 heteroatoms. The number of nitrogens with one attached hydrogen (secondary N) is 1. The molecule has 1 spiro atoms. The summed E-state index contributed by atoms with van der Waals surface area (Å²) in [6.07, 6.45) is -2.65. The maximum atomic E-state index is 13.8. The highest BCUT2D eigenvalue weighted by molar-refractivity contribution is 5.97. The van der Waals surface area contributed by atoms with Crippen molar-refractivity contribution < 1.29 is 37.1 Å². The number of hydrogen-bond acceptors (Lipinski definition) is 7. The summed E-state index contributed by atoms with van der Waals surface area (Å²) in [5, 5.41) is 2.52. The van der Waals surface area contributed by atoms with Gasteiger partial charge in [0.05, 0.1) is 18.5 Å². The van der Waals surface area contributed by atoms with Crippen LogP contribution in [-0.2, 0) is 23.9 Å². The summed E-state index contributed by atoms with van der Waals surface area (Å²) in [7, 11) is 0. The molecule has 5 N–H and O–H groups in total. The molecule has 0 aromatic heterocycles. The zero-order valence-corrected chi connectivity index (χ0v) is 21.7. The van der Waals surface area contributed by atoms with E-state index in [9.17, 15) is 32.3 Å². The molecule has 0 radical (unpaired) electrons. The molecule has 2 saturated heterocycles. The summed E-state index contributed by atoms with van der Waals surface area (Å²) in [4.78, 5) is 57.8. The first-order valence-corrected chi connectivity index (χ1v) is 12.0. The molecule has 3 aliphatic heterocycles. The third-order valence-electron chi connectivity index (χ3n) is 7.13. The van der Waals surface area contributed by atoms with Gasteiger partial charge in [-0.3, -0.25) is 19.2 Å². The van der Waals surface area contributed by atoms with Gasteiger partial charge in [-0.05, 0) is 31.6 Å². The summed E-state index contributed by atoms with van der Waals surface area (Å²) in [5.74, 6) is -5.31. The summed E-state index contributed by atoms with van der Waals surface area (Å²) in [6.45, 7) is 8.76. The molecule has 3 heterocycles. The van der Waals surface area contributed by atoms with E-state index in [1.165, 1.54) is 6.08 Å². The molecule has 11 nitrogen and oxygen atoms in total. The van der Waals surface area contributed by atoms with E-state index < -0.39 is 84.4 Å². The average Bonchev–Trinajstić information content (AvgIpc) is 3.43. The van der Waals surface area contributed by atoms with Gasteiger partial charge < -0.3 is 31.3 Å². The zero-order valence-electron chi connectivity index (χ0n) is 21.7. The molecule has 3 rings (SSSR count). The van der Waals surface area contributed by atoms with Crippen molar-refractivity contribution in [2.75, 3.05) is 13.1 Å². The Labute approximate surface area is 218 Å². The van der Waals surface area contributed by atoms with Crippen molar-refractivity contribution in [3.63, 3.8) is 0 Å². The fourth-order valence-electron chi connectivity index (χ4n) is 4.86. The fraction of sp³-hybridized carbons (Fsp3) is 0.625. The number of carbonyl (C=O) groups excluding carboxylic acids is 4. The number of hydrogen-bond donors (Lipinski definition) is 3. The highest BCUT2D eigenvalue weighted by atomic mass is 19.4. The minimum absolute atomic E-state index is 0.0240. The topological polar surface area (TPSA) is 160 Å². The first-order valence-electron chi connectivity index (χ1n) is 12.0. The lowest BCUT2D eigenvalue weighted by Crippen LogP contribution is -2.57. The quantitative estimate of drug-likeness (QED) is 0.430. The number of nitrogens with zero attached hydrogens (tertiary/aromatic N) is 3. The largest absolute Gasteiger partial charge is 0.472 e. The normalized spacial score (nSPS) is 29.1. The van der Waals surface area contributed by atoms with Gasteiger partial charge in [0.2, 0.25) is 23.3 Å². The number of nitrogens with two attached hydrogens (primary N) is 2. The van der Waals surface area contributed by atoms with Crippen LogP contribution < -0.4 is 16.8 Å². The van der Waals surface area contributed by atoms with E-state index in [1.807, 2.05) is 0 Å². The van der Waals surface area contributed by atoms with Crippen LogP contribution in [0.25, 0.3) is 0 Å². The van der Waals surface area contributed by atoms with Crippen LogP contribution in [-0.4, -0.2) is 83.1 Å². The van der Waals surface area contributed by atoms with Crippen LogP contribution in [0.1, 0.15) is 40.5 Å². The number of amides is 4. The van der Waals surface area contributed by atoms with E-state index in [-0.39, 0.29) is 18.0 Å². The monoisotopic (exact) mass is 542 g/mol. The van der Waals surface area contributed by atoms with Gasteiger partial charge >= 0.3 is 6.18 Å². The van der Waals surface area contributed by atoms with Crippen molar-refractivity contribution >= 4 is 30.3 Å². The number of ether oxygens (including phenoxy) is 1. The van der Waals surface area contributed by atoms with Crippen molar-refractivity contribution in [3.05, 3.63) is 23.7 Å². The van der Waals surface area contributed by atoms with Crippen LogP contribution in [0.3, 0.4) is 0 Å². The molecule has 5 atom stereocenters. The van der Waals surface area contributed by atoms with Crippen molar-refractivity contribution in [3.8, 4) is 0 Å². The summed E-state index contributed by atoms with van der Waals surface area (Å²) in [5.41, 5.74) is 9.03. The van der Waals surface area contributed by atoms with Crippen LogP contribution in [0.2, 0.25) is 0 Å². The predicted octanol–water partition coefficient (Wildman–Crippen LogP) is 0.556. The highest BCUT2D eigenvalue weighted by Crippen LogP contribution is 2.41. The molecule has 4 amide bonds. The Morgan fingerprint density at radius 1 is 1.24 bits per heavy atom. The van der Waals surface area contributed by atoms with E-state index in [2.05, 4.69) is 17.0 Å². The number of carbonyl (C=O) groups is 4. The van der Waals surface area contributed by atoms with E-state index >= 15 is 0 Å². The number of rotatable bonds is 5. The minimum Gasteiger partial charge on any atom is -0.472 e. The Morgan fingerprint density at radius 3 is 2.37 bits per heavy atom. The summed E-state index contributed by atoms with van der Waals surface area (Å²) < 4.78 is 47.0. The van der Waals surface area contributed by atoms with Gasteiger partial charge in [-0.1, -0.05) is 26.8 Å². The van der Waals surface area contributed by atoms with Gasteiger partial charge in [0.15, 0.2) is 11.6 Å². The second kappa shape index (κ2) is 10.0. The van der Waals surface area contributed by atoms with Crippen molar-refractivity contribution in [2.24, 2.45) is 27.8 Å². The van der Waals surface area contributed by atoms with Crippen molar-refractivity contribution in [2.45, 2.75) is 70.4 Å². The Morgan fingerprint density at radius 2 is 1.87 bits per heavy atom. The maximum Gasteiger partial charge on any atom is 0.393 e. The Bertz CT molecular complexity index is 1100. The first kappa shape index (κ1) is 29.1. The lowest BCUT2D eigenvalue weighted by Gasteiger charge is -2.35. The molecular weight excluding hydrogens is 509 g/mol. The first-order chi connectivity index (χ1) is 17.5. The van der Waals surface area contributed by atoms with Gasteiger partial charge in [0.1, 0.15) is 12.1 Å². The molecule has 0 aromatic rings. The van der Waals surface area contributed by atoms with E-state index in [0.717, 1.165) is 9.80 Å². The van der Waals surface area contributed by atoms with Crippen LogP contribution in [0.15, 0.2) is 28.7 Å². The third kappa shape index (κ3) is 5.26. The van der Waals surface area contributed by atoms with Crippen LogP contribution in [0.5, 0.6) is 0 Å². The molecule has 2 fully saturated rings. The molecule has 0 unspecified atom stereocenters. The maximum absolute atomic E-state index is 13.8. The van der Waals surface area contributed by atoms with E-state index in [0.29, 0.717) is 0 Å². The number of allylic oxidation sites excluding steroid dienone is 2. The number of alkyl halides is 3. The van der Waals surface area contributed by atoms with Crippen molar-refractivity contribution in [1.29, 1.82) is 0 Å². The summed E-state index contributed by atoms with van der Waals surface area (Å²) in [6, 6.07) is -4.13. The highest BCUT2D eigenvalue weighted by Gasteiger charge is 2.60. The Hall–Kier alpha value is -3.42. The molecule has 0 bridgehead atoms. The van der Waals surface area contributed by atoms with Gasteiger partial charge in [-0.15, -0.1) is 0 Å². The smallest absolute Gasteiger partial charge is 0.393 e. The Balaban J connectivity index is 1.99. The summed E-state index contributed by atoms with van der Waals surface area (Å²) >= 11 is 0. The fourth-order valence-corrected chi connectivity index (χ4v) is 4.86. The third-order valence-corrected chi connectivity index (χ3v) is 7.13. The molecule has 3 aliphatic rings. The number of aliphatic imine (C=N–C) groups is 1. The Kier molecular flexibility index (Phi) is 7.70. The molecule has 0 aliphatic carbocycles. The SMILES string of the molecule is C=NC1=C(/C=C\C)O[C@@]2(C[C@@H](C(N)=O)N(C(=O)[C@@H]3C[C@@H](C(F)(F)F)CN3C(=O)[C@@H](N)C(C)(C)C)C2)C(=O)N1. The molecule has 38 heavy (non-hydrogen) atoms. The van der Waals surface area contributed by atoms with Crippen LogP contribution in [0.4, 0.5) is 13.2 Å².